The summed E-state index contributed by atoms with van der Waals surface area (Å²) in [4.78, 5) is 36.4. The molecule has 2 aliphatic rings. The Morgan fingerprint density at radius 1 is 1.10 bits per heavy atom. The number of piperazine rings is 1. The highest BCUT2D eigenvalue weighted by Gasteiger charge is 2.36. The van der Waals surface area contributed by atoms with E-state index in [0.717, 1.165) is 30.7 Å². The van der Waals surface area contributed by atoms with Gasteiger partial charge in [0.25, 0.3) is 5.91 Å². The number of hydrogen-bond acceptors (Lipinski definition) is 5. The Bertz CT molecular complexity index is 1050. The molecular weight excluding hydrogens is 382 g/mol. The highest BCUT2D eigenvalue weighted by Crippen LogP contribution is 2.24. The predicted octanol–water partition coefficient (Wildman–Crippen LogP) is 1.02. The Morgan fingerprint density at radius 3 is 2.67 bits per heavy atom. The molecule has 1 atom stereocenters. The lowest BCUT2D eigenvalue weighted by Gasteiger charge is -2.42. The average Bonchev–Trinajstić information content (AvgIpc) is 3.40. The van der Waals surface area contributed by atoms with Crippen molar-refractivity contribution in [2.24, 2.45) is 7.05 Å². The van der Waals surface area contributed by atoms with Gasteiger partial charge in [0.05, 0.1) is 17.9 Å². The molecule has 5 heterocycles. The van der Waals surface area contributed by atoms with Gasteiger partial charge in [-0.25, -0.2) is 4.98 Å². The molecule has 156 valence electrons. The molecule has 5 rings (SSSR count). The molecule has 0 aliphatic carbocycles. The van der Waals surface area contributed by atoms with Gasteiger partial charge in [-0.05, 0) is 25.0 Å². The van der Waals surface area contributed by atoms with Crippen molar-refractivity contribution >= 4 is 23.1 Å². The molecule has 9 heteroatoms. The summed E-state index contributed by atoms with van der Waals surface area (Å²) < 4.78 is 3.58. The van der Waals surface area contributed by atoms with Crippen LogP contribution in [0, 0.1) is 0 Å². The van der Waals surface area contributed by atoms with E-state index >= 15 is 0 Å². The van der Waals surface area contributed by atoms with Crippen LogP contribution in [0.3, 0.4) is 0 Å². The van der Waals surface area contributed by atoms with Crippen molar-refractivity contribution in [1.29, 1.82) is 0 Å². The van der Waals surface area contributed by atoms with Crippen LogP contribution in [0.1, 0.15) is 23.3 Å². The summed E-state index contributed by atoms with van der Waals surface area (Å²) in [6, 6.07) is 5.58. The van der Waals surface area contributed by atoms with Crippen LogP contribution >= 0.6 is 0 Å². The van der Waals surface area contributed by atoms with Crippen LogP contribution < -0.4 is 4.90 Å². The van der Waals surface area contributed by atoms with Gasteiger partial charge >= 0.3 is 0 Å². The smallest absolute Gasteiger partial charge is 0.274 e. The second-order valence-corrected chi connectivity index (χ2v) is 7.94. The summed E-state index contributed by atoms with van der Waals surface area (Å²) in [5.74, 6) is 0.0830. The minimum Gasteiger partial charge on any atom is -0.335 e. The SMILES string of the molecule is Cn1cc(N2CCCC(N3CCN(C(=O)c4cn5ccccc5n4)CC3)C2=O)cn1. The zero-order chi connectivity index (χ0) is 20.7. The van der Waals surface area contributed by atoms with Crippen LogP contribution in [0.15, 0.2) is 43.0 Å². The molecule has 2 aliphatic heterocycles. The normalized spacial score (nSPS) is 20.8. The number of piperidine rings is 1. The van der Waals surface area contributed by atoms with Crippen LogP contribution in [0.2, 0.25) is 0 Å². The molecular formula is C21H25N7O2. The van der Waals surface area contributed by atoms with Gasteiger partial charge in [-0.15, -0.1) is 0 Å². The van der Waals surface area contributed by atoms with Crippen molar-refractivity contribution in [1.82, 2.24) is 29.0 Å². The lowest BCUT2D eigenvalue weighted by Crippen LogP contribution is -2.58. The van der Waals surface area contributed by atoms with E-state index in [1.807, 2.05) is 51.8 Å². The highest BCUT2D eigenvalue weighted by molar-refractivity contribution is 5.97. The van der Waals surface area contributed by atoms with Crippen LogP contribution in [-0.2, 0) is 11.8 Å². The first-order valence-corrected chi connectivity index (χ1v) is 10.4. The van der Waals surface area contributed by atoms with Gasteiger partial charge in [-0.2, -0.15) is 5.10 Å². The number of carbonyl (C=O) groups is 2. The Hall–Kier alpha value is -3.20. The molecule has 0 bridgehead atoms. The summed E-state index contributed by atoms with van der Waals surface area (Å²) >= 11 is 0. The molecule has 0 spiro atoms. The van der Waals surface area contributed by atoms with Crippen molar-refractivity contribution in [3.63, 3.8) is 0 Å². The van der Waals surface area contributed by atoms with Gasteiger partial charge in [0.15, 0.2) is 0 Å². The zero-order valence-electron chi connectivity index (χ0n) is 17.0. The molecule has 2 fully saturated rings. The van der Waals surface area contributed by atoms with Gasteiger partial charge in [-0.3, -0.25) is 19.2 Å². The van der Waals surface area contributed by atoms with Gasteiger partial charge < -0.3 is 14.2 Å². The van der Waals surface area contributed by atoms with E-state index in [1.165, 1.54) is 0 Å². The van der Waals surface area contributed by atoms with Crippen molar-refractivity contribution in [3.05, 3.63) is 48.7 Å². The summed E-state index contributed by atoms with van der Waals surface area (Å²) in [5, 5.41) is 4.20. The molecule has 0 radical (unpaired) electrons. The van der Waals surface area contributed by atoms with E-state index in [2.05, 4.69) is 15.0 Å². The summed E-state index contributed by atoms with van der Waals surface area (Å²) in [7, 11) is 1.86. The second-order valence-electron chi connectivity index (χ2n) is 7.94. The Morgan fingerprint density at radius 2 is 1.93 bits per heavy atom. The lowest BCUT2D eigenvalue weighted by molar-refractivity contribution is -0.126. The van der Waals surface area contributed by atoms with Crippen LogP contribution in [0.25, 0.3) is 5.65 Å². The van der Waals surface area contributed by atoms with Crippen LogP contribution in [-0.4, -0.2) is 79.5 Å². The predicted molar refractivity (Wildman–Crippen MR) is 111 cm³/mol. The van der Waals surface area contributed by atoms with Gasteiger partial charge in [0.1, 0.15) is 11.3 Å². The maximum atomic E-state index is 13.1. The minimum atomic E-state index is -0.133. The fourth-order valence-electron chi connectivity index (χ4n) is 4.44. The number of anilines is 1. The van der Waals surface area contributed by atoms with Crippen LogP contribution in [0.5, 0.6) is 0 Å². The maximum absolute atomic E-state index is 13.1. The molecule has 0 aromatic carbocycles. The van der Waals surface area contributed by atoms with Crippen molar-refractivity contribution in [2.45, 2.75) is 18.9 Å². The second kappa shape index (κ2) is 7.56. The van der Waals surface area contributed by atoms with Crippen molar-refractivity contribution in [3.8, 4) is 0 Å². The topological polar surface area (TPSA) is 79.0 Å². The highest BCUT2D eigenvalue weighted by atomic mass is 16.2. The van der Waals surface area contributed by atoms with Crippen LogP contribution in [0.4, 0.5) is 5.69 Å². The number of hydrogen-bond donors (Lipinski definition) is 0. The number of fused-ring (bicyclic) bond motifs is 1. The standard InChI is InChI=1S/C21H25N7O2/c1-24-14-16(13-22-24)28-8-4-5-18(21(28)30)25-9-11-26(12-10-25)20(29)17-15-27-7-3-2-6-19(27)23-17/h2-3,6-7,13-15,18H,4-5,8-12H2,1H3. The molecule has 9 nitrogen and oxygen atoms in total. The number of aryl methyl sites for hydroxylation is 1. The van der Waals surface area contributed by atoms with Crippen molar-refractivity contribution in [2.75, 3.05) is 37.6 Å². The first-order valence-electron chi connectivity index (χ1n) is 10.4. The summed E-state index contributed by atoms with van der Waals surface area (Å²) in [6.07, 6.45) is 9.11. The summed E-state index contributed by atoms with van der Waals surface area (Å²) in [5.41, 5.74) is 2.08. The average molecular weight is 407 g/mol. The molecule has 3 aromatic rings. The van der Waals surface area contributed by atoms with E-state index in [0.29, 0.717) is 31.9 Å². The number of amides is 2. The Balaban J connectivity index is 1.24. The number of carbonyl (C=O) groups excluding carboxylic acids is 2. The number of pyridine rings is 1. The Labute approximate surface area is 174 Å². The van der Waals surface area contributed by atoms with Gasteiger partial charge in [0, 0.05) is 58.4 Å². The van der Waals surface area contributed by atoms with E-state index in [-0.39, 0.29) is 17.9 Å². The molecule has 30 heavy (non-hydrogen) atoms. The maximum Gasteiger partial charge on any atom is 0.274 e. The number of nitrogens with zero attached hydrogens (tertiary/aromatic N) is 7. The molecule has 3 aromatic heterocycles. The summed E-state index contributed by atoms with van der Waals surface area (Å²) in [6.45, 7) is 3.31. The molecule has 0 N–H and O–H groups in total. The largest absolute Gasteiger partial charge is 0.335 e. The number of rotatable bonds is 3. The minimum absolute atomic E-state index is 0.0506. The van der Waals surface area contributed by atoms with Crippen molar-refractivity contribution < 1.29 is 9.59 Å². The van der Waals surface area contributed by atoms with Gasteiger partial charge in [0.2, 0.25) is 5.91 Å². The fraction of sp³-hybridized carbons (Fsp3) is 0.429. The van der Waals surface area contributed by atoms with E-state index in [9.17, 15) is 9.59 Å². The molecule has 2 saturated heterocycles. The lowest BCUT2D eigenvalue weighted by atomic mass is 10.0. The fourth-order valence-corrected chi connectivity index (χ4v) is 4.44. The monoisotopic (exact) mass is 407 g/mol. The molecule has 1 unspecified atom stereocenters. The Kier molecular flexibility index (Phi) is 4.74. The van der Waals surface area contributed by atoms with E-state index in [4.69, 9.17) is 0 Å². The number of imidazole rings is 1. The first-order chi connectivity index (χ1) is 14.6. The number of aromatic nitrogens is 4. The third kappa shape index (κ3) is 3.35. The molecule has 2 amide bonds. The van der Waals surface area contributed by atoms with E-state index in [1.54, 1.807) is 17.1 Å². The van der Waals surface area contributed by atoms with E-state index < -0.39 is 0 Å². The van der Waals surface area contributed by atoms with Gasteiger partial charge in [-0.1, -0.05) is 6.07 Å². The zero-order valence-corrected chi connectivity index (χ0v) is 17.0. The quantitative estimate of drug-likeness (QED) is 0.648. The third-order valence-corrected chi connectivity index (χ3v) is 6.04. The first kappa shape index (κ1) is 18.8. The molecule has 0 saturated carbocycles. The third-order valence-electron chi connectivity index (χ3n) is 6.04.